The number of likely N-dealkylation sites (N-methyl/N-ethyl adjacent to an activating group) is 2. The Morgan fingerprint density at radius 1 is 0.694 bits per heavy atom. The van der Waals surface area contributed by atoms with Crippen LogP contribution in [0.1, 0.15) is 24.0 Å². The minimum absolute atomic E-state index is 0.0746. The molecule has 0 unspecified atom stereocenters. The van der Waals surface area contributed by atoms with E-state index in [0.29, 0.717) is 49.1 Å². The van der Waals surface area contributed by atoms with Gasteiger partial charge in [0.2, 0.25) is 0 Å². The van der Waals surface area contributed by atoms with Gasteiger partial charge in [-0.3, -0.25) is 4.79 Å². The Hall–Kier alpha value is -3.29. The van der Waals surface area contributed by atoms with Crippen molar-refractivity contribution in [3.63, 3.8) is 0 Å². The van der Waals surface area contributed by atoms with Crippen molar-refractivity contribution in [2.24, 2.45) is 0 Å². The highest BCUT2D eigenvalue weighted by Crippen LogP contribution is 2.34. The number of ketones is 1. The standard InChI is InChI=1S/C29H38N2O5/c1-30(2)13-15-35-25-11-7-21(19-27(25)33-5)17-23-9-10-24(29(23)32)18-22-8-12-26(28(20-22)34-6)36-16-14-31(3)4/h7-8,11-12,17-20H,9-10,13-16H2,1-6H3/b23-17+,24-18+. The first-order chi connectivity index (χ1) is 17.3. The molecule has 0 radical (unpaired) electrons. The van der Waals surface area contributed by atoms with Gasteiger partial charge in [-0.05, 0) is 88.6 Å². The molecule has 0 saturated heterocycles. The van der Waals surface area contributed by atoms with Crippen LogP contribution < -0.4 is 18.9 Å². The van der Waals surface area contributed by atoms with E-state index in [1.807, 2.05) is 76.7 Å². The van der Waals surface area contributed by atoms with Gasteiger partial charge in [0.05, 0.1) is 14.2 Å². The number of ether oxygens (including phenoxy) is 4. The lowest BCUT2D eigenvalue weighted by atomic mass is 10.1. The van der Waals surface area contributed by atoms with E-state index >= 15 is 0 Å². The molecule has 0 spiro atoms. The average Bonchev–Trinajstić information content (AvgIpc) is 3.18. The SMILES string of the molecule is COc1cc(/C=C2\CC/C(=C\c3ccc(OCCN(C)C)c(OC)c3)C2=O)ccc1OCCN(C)C. The van der Waals surface area contributed by atoms with Gasteiger partial charge >= 0.3 is 0 Å². The van der Waals surface area contributed by atoms with Gasteiger partial charge in [-0.15, -0.1) is 0 Å². The predicted molar refractivity (Wildman–Crippen MR) is 144 cm³/mol. The maximum absolute atomic E-state index is 13.1. The van der Waals surface area contributed by atoms with E-state index in [1.54, 1.807) is 14.2 Å². The van der Waals surface area contributed by atoms with E-state index in [-0.39, 0.29) is 5.78 Å². The van der Waals surface area contributed by atoms with Crippen molar-refractivity contribution in [2.45, 2.75) is 12.8 Å². The molecule has 0 atom stereocenters. The molecule has 0 aromatic heterocycles. The van der Waals surface area contributed by atoms with Crippen molar-refractivity contribution >= 4 is 17.9 Å². The fraction of sp³-hybridized carbons (Fsp3) is 0.414. The molecule has 2 aromatic rings. The average molecular weight is 495 g/mol. The van der Waals surface area contributed by atoms with Crippen molar-refractivity contribution in [3.8, 4) is 23.0 Å². The van der Waals surface area contributed by atoms with Gasteiger partial charge in [-0.25, -0.2) is 0 Å². The molecular weight excluding hydrogens is 456 g/mol. The number of carbonyl (C=O) groups excluding carboxylic acids is 1. The van der Waals surface area contributed by atoms with Crippen LogP contribution in [-0.4, -0.2) is 84.3 Å². The number of rotatable bonds is 12. The van der Waals surface area contributed by atoms with Crippen LogP contribution in [0.5, 0.6) is 23.0 Å². The fourth-order valence-electron chi connectivity index (χ4n) is 3.84. The summed E-state index contributed by atoms with van der Waals surface area (Å²) >= 11 is 0. The normalized spacial score (nSPS) is 15.8. The lowest BCUT2D eigenvalue weighted by Gasteiger charge is -2.14. The lowest BCUT2D eigenvalue weighted by Crippen LogP contribution is -2.19. The van der Waals surface area contributed by atoms with Gasteiger partial charge < -0.3 is 28.7 Å². The molecule has 2 aromatic carbocycles. The monoisotopic (exact) mass is 494 g/mol. The van der Waals surface area contributed by atoms with Crippen LogP contribution in [0.4, 0.5) is 0 Å². The summed E-state index contributed by atoms with van der Waals surface area (Å²) in [5.41, 5.74) is 3.41. The van der Waals surface area contributed by atoms with E-state index in [4.69, 9.17) is 18.9 Å². The predicted octanol–water partition coefficient (Wildman–Crippen LogP) is 4.41. The van der Waals surface area contributed by atoms with Crippen molar-refractivity contribution in [2.75, 3.05) is 68.7 Å². The smallest absolute Gasteiger partial charge is 0.185 e. The van der Waals surface area contributed by atoms with Gasteiger partial charge in [-0.2, -0.15) is 0 Å². The lowest BCUT2D eigenvalue weighted by molar-refractivity contribution is -0.111. The molecule has 3 rings (SSSR count). The molecule has 36 heavy (non-hydrogen) atoms. The fourth-order valence-corrected chi connectivity index (χ4v) is 3.84. The van der Waals surface area contributed by atoms with Crippen LogP contribution in [0.15, 0.2) is 47.5 Å². The topological polar surface area (TPSA) is 60.5 Å². The quantitative estimate of drug-likeness (QED) is 0.405. The zero-order valence-electron chi connectivity index (χ0n) is 22.3. The molecular formula is C29H38N2O5. The van der Waals surface area contributed by atoms with Crippen LogP contribution >= 0.6 is 0 Å². The molecule has 0 amide bonds. The van der Waals surface area contributed by atoms with Gasteiger partial charge in [-0.1, -0.05) is 12.1 Å². The first-order valence-electron chi connectivity index (χ1n) is 12.2. The number of carbonyl (C=O) groups is 1. The maximum atomic E-state index is 13.1. The molecule has 1 aliphatic rings. The van der Waals surface area contributed by atoms with Crippen LogP contribution in [-0.2, 0) is 4.79 Å². The highest BCUT2D eigenvalue weighted by Gasteiger charge is 2.23. The first-order valence-corrected chi connectivity index (χ1v) is 12.2. The molecule has 194 valence electrons. The third-order valence-electron chi connectivity index (χ3n) is 5.90. The second-order valence-corrected chi connectivity index (χ2v) is 9.29. The Labute approximate surface area is 214 Å². The molecule has 1 fully saturated rings. The molecule has 1 saturated carbocycles. The summed E-state index contributed by atoms with van der Waals surface area (Å²) in [4.78, 5) is 17.2. The summed E-state index contributed by atoms with van der Waals surface area (Å²) in [5.74, 6) is 2.78. The van der Waals surface area contributed by atoms with Crippen LogP contribution in [0.25, 0.3) is 12.2 Å². The summed E-state index contributed by atoms with van der Waals surface area (Å²) in [6, 6.07) is 11.5. The highest BCUT2D eigenvalue weighted by atomic mass is 16.5. The summed E-state index contributed by atoms with van der Waals surface area (Å²) < 4.78 is 22.7. The van der Waals surface area contributed by atoms with Gasteiger partial charge in [0.15, 0.2) is 28.8 Å². The van der Waals surface area contributed by atoms with Gasteiger partial charge in [0.1, 0.15) is 13.2 Å². The largest absolute Gasteiger partial charge is 0.493 e. The zero-order chi connectivity index (χ0) is 26.1. The Morgan fingerprint density at radius 3 is 1.47 bits per heavy atom. The van der Waals surface area contributed by atoms with E-state index < -0.39 is 0 Å². The Kier molecular flexibility index (Phi) is 9.96. The molecule has 0 heterocycles. The van der Waals surface area contributed by atoms with Crippen molar-refractivity contribution in [1.82, 2.24) is 9.80 Å². The Balaban J connectivity index is 1.71. The van der Waals surface area contributed by atoms with E-state index in [1.165, 1.54) is 0 Å². The van der Waals surface area contributed by atoms with E-state index in [9.17, 15) is 4.79 Å². The van der Waals surface area contributed by atoms with E-state index in [2.05, 4.69) is 9.80 Å². The molecule has 0 N–H and O–H groups in total. The van der Waals surface area contributed by atoms with Crippen molar-refractivity contribution in [1.29, 1.82) is 0 Å². The molecule has 1 aliphatic carbocycles. The zero-order valence-corrected chi connectivity index (χ0v) is 22.3. The van der Waals surface area contributed by atoms with Gasteiger partial charge in [0.25, 0.3) is 0 Å². The summed E-state index contributed by atoms with van der Waals surface area (Å²) in [6.07, 6.45) is 5.29. The molecule has 7 heteroatoms. The number of Topliss-reactive ketones (excluding diaryl/α,β-unsaturated/α-hetero) is 1. The molecule has 0 bridgehead atoms. The second kappa shape index (κ2) is 13.1. The summed E-state index contributed by atoms with van der Waals surface area (Å²) in [7, 11) is 11.3. The van der Waals surface area contributed by atoms with Crippen LogP contribution in [0.3, 0.4) is 0 Å². The van der Waals surface area contributed by atoms with Crippen molar-refractivity contribution < 1.29 is 23.7 Å². The van der Waals surface area contributed by atoms with Crippen molar-refractivity contribution in [3.05, 3.63) is 58.7 Å². The number of hydrogen-bond donors (Lipinski definition) is 0. The number of methoxy groups -OCH3 is 2. The molecule has 0 aliphatic heterocycles. The summed E-state index contributed by atoms with van der Waals surface area (Å²) in [5, 5.41) is 0. The third kappa shape index (κ3) is 7.60. The summed E-state index contributed by atoms with van der Waals surface area (Å²) in [6.45, 7) is 2.78. The van der Waals surface area contributed by atoms with E-state index in [0.717, 1.165) is 35.4 Å². The number of nitrogens with zero attached hydrogens (tertiary/aromatic N) is 2. The number of benzene rings is 2. The number of hydrogen-bond acceptors (Lipinski definition) is 7. The Bertz CT molecular complexity index is 1020. The minimum Gasteiger partial charge on any atom is -0.493 e. The minimum atomic E-state index is 0.0746. The highest BCUT2D eigenvalue weighted by molar-refractivity contribution is 6.15. The molecule has 7 nitrogen and oxygen atoms in total. The second-order valence-electron chi connectivity index (χ2n) is 9.29. The first kappa shape index (κ1) is 27.3. The van der Waals surface area contributed by atoms with Crippen LogP contribution in [0, 0.1) is 0 Å². The number of allylic oxidation sites excluding steroid dienone is 2. The maximum Gasteiger partial charge on any atom is 0.185 e. The van der Waals surface area contributed by atoms with Gasteiger partial charge in [0, 0.05) is 24.2 Å². The van der Waals surface area contributed by atoms with Crippen LogP contribution in [0.2, 0.25) is 0 Å². The third-order valence-corrected chi connectivity index (χ3v) is 5.90. The Morgan fingerprint density at radius 2 is 1.11 bits per heavy atom.